The molecule has 162 valence electrons. The quantitative estimate of drug-likeness (QED) is 0.606. The van der Waals surface area contributed by atoms with Crippen molar-refractivity contribution in [2.24, 2.45) is 0 Å². The lowest BCUT2D eigenvalue weighted by molar-refractivity contribution is 0.0698. The Morgan fingerprint density at radius 1 is 1.29 bits per heavy atom. The number of nitrogens with zero attached hydrogens (tertiary/aromatic N) is 1. The number of carboxylic acid groups (broad SMARTS) is 1. The van der Waals surface area contributed by atoms with Gasteiger partial charge in [0.25, 0.3) is 0 Å². The average Bonchev–Trinajstić information content (AvgIpc) is 2.74. The second kappa shape index (κ2) is 8.41. The maximum absolute atomic E-state index is 13.9. The van der Waals surface area contributed by atoms with Gasteiger partial charge in [-0.05, 0) is 50.5 Å². The monoisotopic (exact) mass is 424 g/mol. The smallest absolute Gasteiger partial charge is 0.337 e. The van der Waals surface area contributed by atoms with Gasteiger partial charge in [-0.15, -0.1) is 0 Å². The Morgan fingerprint density at radius 2 is 2.06 bits per heavy atom. The summed E-state index contributed by atoms with van der Waals surface area (Å²) in [6, 6.07) is 11.5. The first-order chi connectivity index (χ1) is 14.8. The molecule has 4 rings (SSSR count). The molecule has 0 aliphatic carbocycles. The van der Waals surface area contributed by atoms with Crippen molar-refractivity contribution < 1.29 is 18.7 Å². The number of benzene rings is 2. The molecule has 1 unspecified atom stereocenters. The number of carboxylic acids is 1. The van der Waals surface area contributed by atoms with E-state index in [1.807, 2.05) is 19.9 Å². The van der Waals surface area contributed by atoms with Crippen LogP contribution in [-0.4, -0.2) is 30.3 Å². The van der Waals surface area contributed by atoms with E-state index < -0.39 is 12.1 Å². The number of aryl methyl sites for hydroxylation is 1. The molecule has 1 fully saturated rings. The van der Waals surface area contributed by atoms with Crippen molar-refractivity contribution in [1.82, 2.24) is 0 Å². The van der Waals surface area contributed by atoms with Gasteiger partial charge in [0.05, 0.1) is 23.5 Å². The standard InChI is InChI=1S/C24H25FN2O4/c1-14-10-18(15(2)26-20-8-4-3-7-17(20)24(29)30)23-19(11-14)21(28)12-22(31-23)27-9-5-6-16(25)13-27/h3-4,7-8,10-12,15-16,26H,5-6,9,13H2,1-2H3,(H,29,30)/t15?,16-/m1/s1. The van der Waals surface area contributed by atoms with Crippen molar-refractivity contribution >= 4 is 28.5 Å². The Balaban J connectivity index is 1.78. The Morgan fingerprint density at radius 3 is 2.81 bits per heavy atom. The van der Waals surface area contributed by atoms with E-state index in [4.69, 9.17) is 4.42 Å². The number of fused-ring (bicyclic) bond motifs is 1. The summed E-state index contributed by atoms with van der Waals surface area (Å²) < 4.78 is 20.1. The molecule has 1 aromatic heterocycles. The van der Waals surface area contributed by atoms with E-state index >= 15 is 0 Å². The Labute approximate surface area is 179 Å². The second-order valence-corrected chi connectivity index (χ2v) is 8.08. The number of piperidine rings is 1. The summed E-state index contributed by atoms with van der Waals surface area (Å²) >= 11 is 0. The fraction of sp³-hybridized carbons (Fsp3) is 0.333. The third-order valence-electron chi connectivity index (χ3n) is 5.66. The molecule has 1 saturated heterocycles. The summed E-state index contributed by atoms with van der Waals surface area (Å²) in [5.41, 5.74) is 2.53. The molecule has 0 radical (unpaired) electrons. The SMILES string of the molecule is Cc1cc(C(C)Nc2ccccc2C(=O)O)c2oc(N3CCC[C@@H](F)C3)cc(=O)c2c1. The molecule has 2 aromatic carbocycles. The van der Waals surface area contributed by atoms with Gasteiger partial charge in [0.1, 0.15) is 11.8 Å². The molecule has 0 saturated carbocycles. The molecule has 3 aromatic rings. The summed E-state index contributed by atoms with van der Waals surface area (Å²) in [6.07, 6.45) is 0.274. The summed E-state index contributed by atoms with van der Waals surface area (Å²) in [5.74, 6) is -0.660. The zero-order valence-corrected chi connectivity index (χ0v) is 17.5. The van der Waals surface area contributed by atoms with Crippen LogP contribution in [-0.2, 0) is 0 Å². The first-order valence-corrected chi connectivity index (χ1v) is 10.4. The zero-order valence-electron chi connectivity index (χ0n) is 17.5. The molecule has 0 bridgehead atoms. The fourth-order valence-electron chi connectivity index (χ4n) is 4.13. The predicted molar refractivity (Wildman–Crippen MR) is 119 cm³/mol. The lowest BCUT2D eigenvalue weighted by Crippen LogP contribution is -2.36. The molecule has 1 aliphatic heterocycles. The molecule has 6 nitrogen and oxygen atoms in total. The van der Waals surface area contributed by atoms with Gasteiger partial charge < -0.3 is 19.7 Å². The van der Waals surface area contributed by atoms with Crippen LogP contribution in [0.5, 0.6) is 0 Å². The average molecular weight is 424 g/mol. The molecule has 2 heterocycles. The van der Waals surface area contributed by atoms with E-state index in [-0.39, 0.29) is 23.6 Å². The molecule has 2 atom stereocenters. The third-order valence-corrected chi connectivity index (χ3v) is 5.66. The largest absolute Gasteiger partial charge is 0.478 e. The van der Waals surface area contributed by atoms with Gasteiger partial charge in [-0.3, -0.25) is 4.79 Å². The van der Waals surface area contributed by atoms with Crippen molar-refractivity contribution in [3.05, 3.63) is 69.4 Å². The van der Waals surface area contributed by atoms with Gasteiger partial charge >= 0.3 is 5.97 Å². The minimum Gasteiger partial charge on any atom is -0.478 e. The van der Waals surface area contributed by atoms with Crippen molar-refractivity contribution in [3.63, 3.8) is 0 Å². The molecule has 2 N–H and O–H groups in total. The van der Waals surface area contributed by atoms with Crippen molar-refractivity contribution in [3.8, 4) is 0 Å². The van der Waals surface area contributed by atoms with Crippen LogP contribution in [0, 0.1) is 6.92 Å². The topological polar surface area (TPSA) is 82.8 Å². The fourth-order valence-corrected chi connectivity index (χ4v) is 4.13. The maximum atomic E-state index is 13.9. The van der Waals surface area contributed by atoms with Crippen LogP contribution in [0.25, 0.3) is 11.0 Å². The number of rotatable bonds is 5. The first-order valence-electron chi connectivity index (χ1n) is 10.4. The first kappa shape index (κ1) is 20.9. The summed E-state index contributed by atoms with van der Waals surface area (Å²) in [6.45, 7) is 4.62. The Bertz CT molecular complexity index is 1190. The highest BCUT2D eigenvalue weighted by Gasteiger charge is 2.23. The van der Waals surface area contributed by atoms with E-state index in [9.17, 15) is 19.1 Å². The zero-order chi connectivity index (χ0) is 22.1. The van der Waals surface area contributed by atoms with E-state index in [1.165, 1.54) is 12.1 Å². The van der Waals surface area contributed by atoms with Gasteiger partial charge in [-0.2, -0.15) is 0 Å². The minimum atomic E-state index is -1.02. The number of nitrogens with one attached hydrogen (secondary N) is 1. The van der Waals surface area contributed by atoms with Crippen LogP contribution < -0.4 is 15.6 Å². The Hall–Kier alpha value is -3.35. The van der Waals surface area contributed by atoms with Crippen LogP contribution in [0.3, 0.4) is 0 Å². The highest BCUT2D eigenvalue weighted by Crippen LogP contribution is 2.31. The van der Waals surface area contributed by atoms with Crippen LogP contribution in [0.4, 0.5) is 16.0 Å². The summed E-state index contributed by atoms with van der Waals surface area (Å²) in [7, 11) is 0. The van der Waals surface area contributed by atoms with E-state index in [0.717, 1.165) is 11.1 Å². The molecule has 7 heteroatoms. The minimum absolute atomic E-state index is 0.163. The van der Waals surface area contributed by atoms with Crippen LogP contribution >= 0.6 is 0 Å². The van der Waals surface area contributed by atoms with Crippen molar-refractivity contribution in [2.75, 3.05) is 23.3 Å². The Kier molecular flexibility index (Phi) is 5.67. The molecule has 31 heavy (non-hydrogen) atoms. The number of para-hydroxylation sites is 1. The van der Waals surface area contributed by atoms with E-state index in [2.05, 4.69) is 5.32 Å². The maximum Gasteiger partial charge on any atom is 0.337 e. The second-order valence-electron chi connectivity index (χ2n) is 8.08. The van der Waals surface area contributed by atoms with Crippen LogP contribution in [0.15, 0.2) is 51.7 Å². The molecule has 1 aliphatic rings. The van der Waals surface area contributed by atoms with Gasteiger partial charge in [0, 0.05) is 23.9 Å². The van der Waals surface area contributed by atoms with Crippen molar-refractivity contribution in [1.29, 1.82) is 0 Å². The van der Waals surface area contributed by atoms with Crippen LogP contribution in [0.2, 0.25) is 0 Å². The number of halogens is 1. The number of alkyl halides is 1. The predicted octanol–water partition coefficient (Wildman–Crippen LogP) is 4.91. The molecule has 0 amide bonds. The normalized spacial score (nSPS) is 17.5. The number of hydrogen-bond acceptors (Lipinski definition) is 5. The lowest BCUT2D eigenvalue weighted by Gasteiger charge is -2.29. The lowest BCUT2D eigenvalue weighted by atomic mass is 10.0. The number of aromatic carboxylic acids is 1. The van der Waals surface area contributed by atoms with Gasteiger partial charge in [0.15, 0.2) is 11.3 Å². The molecular formula is C24H25FN2O4. The highest BCUT2D eigenvalue weighted by atomic mass is 19.1. The van der Waals surface area contributed by atoms with Gasteiger partial charge in [0.2, 0.25) is 0 Å². The van der Waals surface area contributed by atoms with E-state index in [1.54, 1.807) is 29.2 Å². The van der Waals surface area contributed by atoms with E-state index in [0.29, 0.717) is 41.9 Å². The number of anilines is 2. The highest BCUT2D eigenvalue weighted by molar-refractivity contribution is 5.94. The summed E-state index contributed by atoms with van der Waals surface area (Å²) in [4.78, 5) is 26.2. The summed E-state index contributed by atoms with van der Waals surface area (Å²) in [5, 5.41) is 13.2. The third kappa shape index (κ3) is 4.26. The molecular weight excluding hydrogens is 399 g/mol. The number of carbonyl (C=O) groups is 1. The number of hydrogen-bond donors (Lipinski definition) is 2. The van der Waals surface area contributed by atoms with Gasteiger partial charge in [-0.1, -0.05) is 18.2 Å². The van der Waals surface area contributed by atoms with Crippen molar-refractivity contribution in [2.45, 2.75) is 38.9 Å². The van der Waals surface area contributed by atoms with Gasteiger partial charge in [-0.25, -0.2) is 9.18 Å². The van der Waals surface area contributed by atoms with Crippen LogP contribution in [0.1, 0.15) is 47.3 Å². The molecule has 0 spiro atoms.